The number of halogens is 2. The molecule has 0 aliphatic carbocycles. The van der Waals surface area contributed by atoms with Gasteiger partial charge in [-0.25, -0.2) is 9.50 Å². The molecule has 0 spiro atoms. The number of carbonyl (C=O) groups excluding carboxylic acids is 1. The van der Waals surface area contributed by atoms with Crippen molar-refractivity contribution in [3.05, 3.63) is 63.0 Å². The summed E-state index contributed by atoms with van der Waals surface area (Å²) in [5.74, 6) is -0.169. The minimum atomic E-state index is -0.169. The number of aromatic nitrogens is 3. The number of hydrogen-bond acceptors (Lipinski definition) is 3. The Labute approximate surface area is 153 Å². The van der Waals surface area contributed by atoms with Crippen LogP contribution >= 0.6 is 27.5 Å². The molecule has 0 saturated heterocycles. The number of amides is 1. The lowest BCUT2D eigenvalue weighted by Crippen LogP contribution is -2.25. The van der Waals surface area contributed by atoms with E-state index in [4.69, 9.17) is 11.6 Å². The zero-order chi connectivity index (χ0) is 17.1. The van der Waals surface area contributed by atoms with E-state index in [-0.39, 0.29) is 5.91 Å². The lowest BCUT2D eigenvalue weighted by Gasteiger charge is -2.07. The topological polar surface area (TPSA) is 59.3 Å². The van der Waals surface area contributed by atoms with Crippen molar-refractivity contribution in [3.63, 3.8) is 0 Å². The zero-order valence-corrected chi connectivity index (χ0v) is 15.4. The number of nitrogens with one attached hydrogen (secondary N) is 1. The summed E-state index contributed by atoms with van der Waals surface area (Å²) in [7, 11) is 0. The van der Waals surface area contributed by atoms with Crippen LogP contribution < -0.4 is 5.32 Å². The Balaban J connectivity index is 1.54. The van der Waals surface area contributed by atoms with Crippen molar-refractivity contribution in [1.82, 2.24) is 19.9 Å². The van der Waals surface area contributed by atoms with Crippen LogP contribution in [0.5, 0.6) is 0 Å². The van der Waals surface area contributed by atoms with Gasteiger partial charge in [0.05, 0.1) is 16.3 Å². The fourth-order valence-corrected chi connectivity index (χ4v) is 2.99. The second-order valence-electron chi connectivity index (χ2n) is 5.53. The molecular weight excluding hydrogens is 392 g/mol. The van der Waals surface area contributed by atoms with Crippen LogP contribution in [0, 0.1) is 6.92 Å². The average molecular weight is 408 g/mol. The van der Waals surface area contributed by atoms with Crippen molar-refractivity contribution in [3.8, 4) is 0 Å². The maximum Gasteiger partial charge on any atom is 0.252 e. The summed E-state index contributed by atoms with van der Waals surface area (Å²) in [4.78, 5) is 16.5. The standard InChI is InChI=1S/C17H16BrClN4O/c1-11-7-16-21-9-12(10-23(16)22-11)3-2-6-20-17(24)14-8-13(18)4-5-15(14)19/h4-5,7-10H,2-3,6H2,1H3,(H,20,24). The smallest absolute Gasteiger partial charge is 0.252 e. The second-order valence-corrected chi connectivity index (χ2v) is 6.86. The van der Waals surface area contributed by atoms with E-state index in [0.29, 0.717) is 17.1 Å². The third-order valence-corrected chi connectivity index (χ3v) is 4.41. The highest BCUT2D eigenvalue weighted by Gasteiger charge is 2.10. The third kappa shape index (κ3) is 3.94. The van der Waals surface area contributed by atoms with Crippen molar-refractivity contribution < 1.29 is 4.79 Å². The van der Waals surface area contributed by atoms with E-state index in [1.807, 2.05) is 25.4 Å². The van der Waals surface area contributed by atoms with E-state index in [2.05, 4.69) is 31.3 Å². The van der Waals surface area contributed by atoms with Crippen molar-refractivity contribution in [2.75, 3.05) is 6.54 Å². The first-order valence-corrected chi connectivity index (χ1v) is 8.74. The van der Waals surface area contributed by atoms with Gasteiger partial charge in [-0.15, -0.1) is 0 Å². The average Bonchev–Trinajstić information content (AvgIpc) is 2.93. The van der Waals surface area contributed by atoms with Gasteiger partial charge in [0.15, 0.2) is 5.65 Å². The van der Waals surface area contributed by atoms with Crippen LogP contribution in [0.3, 0.4) is 0 Å². The Morgan fingerprint density at radius 3 is 3.04 bits per heavy atom. The quantitative estimate of drug-likeness (QED) is 0.654. The number of carbonyl (C=O) groups is 1. The number of fused-ring (bicyclic) bond motifs is 1. The number of nitrogens with zero attached hydrogens (tertiary/aromatic N) is 3. The van der Waals surface area contributed by atoms with Crippen LogP contribution in [0.15, 0.2) is 41.1 Å². The number of aryl methyl sites for hydroxylation is 2. The molecule has 1 aromatic carbocycles. The molecule has 0 fully saturated rings. The zero-order valence-electron chi connectivity index (χ0n) is 13.1. The molecule has 1 N–H and O–H groups in total. The first kappa shape index (κ1) is 16.9. The molecule has 124 valence electrons. The van der Waals surface area contributed by atoms with Gasteiger partial charge in [0, 0.05) is 29.5 Å². The summed E-state index contributed by atoms with van der Waals surface area (Å²) in [5, 5.41) is 7.69. The summed E-state index contributed by atoms with van der Waals surface area (Å²) in [6.45, 7) is 2.51. The van der Waals surface area contributed by atoms with E-state index < -0.39 is 0 Å². The number of hydrogen-bond donors (Lipinski definition) is 1. The molecule has 0 aliphatic rings. The van der Waals surface area contributed by atoms with E-state index >= 15 is 0 Å². The van der Waals surface area contributed by atoms with E-state index in [1.165, 1.54) is 0 Å². The van der Waals surface area contributed by atoms with Crippen LogP contribution in [-0.4, -0.2) is 27.0 Å². The van der Waals surface area contributed by atoms with Crippen LogP contribution in [0.1, 0.15) is 28.0 Å². The summed E-state index contributed by atoms with van der Waals surface area (Å²) >= 11 is 9.40. The van der Waals surface area contributed by atoms with Gasteiger partial charge in [-0.05, 0) is 43.5 Å². The predicted molar refractivity (Wildman–Crippen MR) is 97.5 cm³/mol. The monoisotopic (exact) mass is 406 g/mol. The minimum Gasteiger partial charge on any atom is -0.352 e. The Morgan fingerprint density at radius 1 is 1.38 bits per heavy atom. The van der Waals surface area contributed by atoms with Crippen molar-refractivity contribution in [2.45, 2.75) is 19.8 Å². The molecule has 7 heteroatoms. The molecular formula is C17H16BrClN4O. The van der Waals surface area contributed by atoms with Crippen LogP contribution in [0.4, 0.5) is 0 Å². The molecule has 2 heterocycles. The van der Waals surface area contributed by atoms with Gasteiger partial charge in [0.25, 0.3) is 5.91 Å². The highest BCUT2D eigenvalue weighted by atomic mass is 79.9. The Kier molecular flexibility index (Phi) is 5.16. The van der Waals surface area contributed by atoms with Gasteiger partial charge < -0.3 is 5.32 Å². The molecule has 0 radical (unpaired) electrons. The third-order valence-electron chi connectivity index (χ3n) is 3.59. The molecule has 0 bridgehead atoms. The highest BCUT2D eigenvalue weighted by Crippen LogP contribution is 2.20. The Bertz CT molecular complexity index is 893. The van der Waals surface area contributed by atoms with Gasteiger partial charge >= 0.3 is 0 Å². The maximum atomic E-state index is 12.2. The Morgan fingerprint density at radius 2 is 2.21 bits per heavy atom. The Hall–Kier alpha value is -1.92. The minimum absolute atomic E-state index is 0.169. The molecule has 0 unspecified atom stereocenters. The van der Waals surface area contributed by atoms with Gasteiger partial charge in [-0.1, -0.05) is 27.5 Å². The molecule has 0 saturated carbocycles. The highest BCUT2D eigenvalue weighted by molar-refractivity contribution is 9.10. The van der Waals surface area contributed by atoms with Crippen molar-refractivity contribution in [2.24, 2.45) is 0 Å². The first-order valence-electron chi connectivity index (χ1n) is 7.57. The molecule has 5 nitrogen and oxygen atoms in total. The van der Waals surface area contributed by atoms with E-state index in [0.717, 1.165) is 34.2 Å². The lowest BCUT2D eigenvalue weighted by atomic mass is 10.2. The fourth-order valence-electron chi connectivity index (χ4n) is 2.42. The van der Waals surface area contributed by atoms with E-state index in [1.54, 1.807) is 22.7 Å². The molecule has 0 atom stereocenters. The van der Waals surface area contributed by atoms with Crippen molar-refractivity contribution in [1.29, 1.82) is 0 Å². The number of benzene rings is 1. The second kappa shape index (κ2) is 7.32. The van der Waals surface area contributed by atoms with Gasteiger partial charge in [0.1, 0.15) is 0 Å². The number of rotatable bonds is 5. The van der Waals surface area contributed by atoms with Gasteiger partial charge in [0.2, 0.25) is 0 Å². The maximum absolute atomic E-state index is 12.2. The summed E-state index contributed by atoms with van der Waals surface area (Å²) in [5.41, 5.74) is 3.34. The lowest BCUT2D eigenvalue weighted by molar-refractivity contribution is 0.0953. The molecule has 3 rings (SSSR count). The summed E-state index contributed by atoms with van der Waals surface area (Å²) < 4.78 is 2.61. The molecule has 0 aliphatic heterocycles. The van der Waals surface area contributed by atoms with Crippen LogP contribution in [0.25, 0.3) is 5.65 Å². The summed E-state index contributed by atoms with van der Waals surface area (Å²) in [6, 6.07) is 7.16. The largest absolute Gasteiger partial charge is 0.352 e. The van der Waals surface area contributed by atoms with E-state index in [9.17, 15) is 4.79 Å². The predicted octanol–water partition coefficient (Wildman–Crippen LogP) is 3.82. The summed E-state index contributed by atoms with van der Waals surface area (Å²) in [6.07, 6.45) is 5.45. The van der Waals surface area contributed by atoms with Gasteiger partial charge in [-0.2, -0.15) is 5.10 Å². The SMILES string of the molecule is Cc1cc2ncc(CCCNC(=O)c3cc(Br)ccc3Cl)cn2n1. The molecule has 24 heavy (non-hydrogen) atoms. The molecule has 3 aromatic rings. The first-order chi connectivity index (χ1) is 11.5. The van der Waals surface area contributed by atoms with Crippen molar-refractivity contribution >= 4 is 39.1 Å². The fraction of sp³-hybridized carbons (Fsp3) is 0.235. The van der Waals surface area contributed by atoms with Gasteiger partial charge in [-0.3, -0.25) is 4.79 Å². The normalized spacial score (nSPS) is 11.0. The van der Waals surface area contributed by atoms with Crippen LogP contribution in [0.2, 0.25) is 5.02 Å². The molecule has 2 aromatic heterocycles. The molecule has 1 amide bonds. The van der Waals surface area contributed by atoms with Crippen LogP contribution in [-0.2, 0) is 6.42 Å².